The summed E-state index contributed by atoms with van der Waals surface area (Å²) in [5.74, 6) is -0.00478. The first kappa shape index (κ1) is 18.5. The molecule has 0 saturated carbocycles. The summed E-state index contributed by atoms with van der Waals surface area (Å²) in [4.78, 5) is 28.8. The van der Waals surface area contributed by atoms with Crippen LogP contribution in [0.5, 0.6) is 0 Å². The van der Waals surface area contributed by atoms with E-state index < -0.39 is 0 Å². The van der Waals surface area contributed by atoms with Crippen LogP contribution >= 0.6 is 0 Å². The van der Waals surface area contributed by atoms with Crippen LogP contribution in [0.2, 0.25) is 0 Å². The lowest BCUT2D eigenvalue weighted by atomic mass is 10.0. The van der Waals surface area contributed by atoms with Crippen LogP contribution in [0.1, 0.15) is 42.1 Å². The van der Waals surface area contributed by atoms with Crippen LogP contribution in [0.25, 0.3) is 0 Å². The van der Waals surface area contributed by atoms with E-state index in [1.807, 2.05) is 37.1 Å². The number of rotatable bonds is 6. The summed E-state index contributed by atoms with van der Waals surface area (Å²) in [7, 11) is 1.89. The van der Waals surface area contributed by atoms with Crippen molar-refractivity contribution in [2.24, 2.45) is 0 Å². The van der Waals surface area contributed by atoms with Crippen molar-refractivity contribution in [1.82, 2.24) is 15.1 Å². The van der Waals surface area contributed by atoms with Gasteiger partial charge < -0.3 is 15.1 Å². The Morgan fingerprint density at radius 2 is 1.92 bits per heavy atom. The Morgan fingerprint density at radius 3 is 2.54 bits per heavy atom. The molecule has 1 aromatic rings. The van der Waals surface area contributed by atoms with Gasteiger partial charge in [-0.3, -0.25) is 9.59 Å². The molecule has 1 saturated heterocycles. The summed E-state index contributed by atoms with van der Waals surface area (Å²) in [6.07, 6.45) is 2.42. The molecule has 5 heteroatoms. The summed E-state index contributed by atoms with van der Waals surface area (Å²) in [5, 5.41) is 2.85. The third kappa shape index (κ3) is 4.81. The lowest BCUT2D eigenvalue weighted by Gasteiger charge is -2.36. The second kappa shape index (κ2) is 8.83. The van der Waals surface area contributed by atoms with E-state index in [9.17, 15) is 9.59 Å². The maximum absolute atomic E-state index is 12.3. The first-order valence-corrected chi connectivity index (χ1v) is 8.84. The minimum atomic E-state index is -0.111. The topological polar surface area (TPSA) is 52.6 Å². The molecule has 5 nitrogen and oxygen atoms in total. The predicted molar refractivity (Wildman–Crippen MR) is 96.0 cm³/mol. The first-order valence-electron chi connectivity index (χ1n) is 8.84. The van der Waals surface area contributed by atoms with Gasteiger partial charge in [-0.05, 0) is 37.9 Å². The lowest BCUT2D eigenvalue weighted by molar-refractivity contribution is -0.132. The summed E-state index contributed by atoms with van der Waals surface area (Å²) in [6.45, 7) is 7.66. The van der Waals surface area contributed by atoms with Crippen LogP contribution in [0.3, 0.4) is 0 Å². The predicted octanol–water partition coefficient (Wildman–Crippen LogP) is 2.06. The number of likely N-dealkylation sites (tertiary alicyclic amines) is 1. The van der Waals surface area contributed by atoms with Gasteiger partial charge in [-0.2, -0.15) is 0 Å². The van der Waals surface area contributed by atoms with E-state index in [4.69, 9.17) is 0 Å². The number of piperidine rings is 1. The zero-order valence-electron chi connectivity index (χ0n) is 15.0. The van der Waals surface area contributed by atoms with Gasteiger partial charge in [0.1, 0.15) is 0 Å². The van der Waals surface area contributed by atoms with Crippen molar-refractivity contribution in [2.75, 3.05) is 33.2 Å². The average molecular weight is 331 g/mol. The Kier molecular flexibility index (Phi) is 6.79. The molecule has 2 rings (SSSR count). The van der Waals surface area contributed by atoms with Crippen molar-refractivity contribution >= 4 is 11.8 Å². The van der Waals surface area contributed by atoms with Crippen molar-refractivity contribution in [2.45, 2.75) is 39.2 Å². The maximum atomic E-state index is 12.3. The number of hydrogen-bond acceptors (Lipinski definition) is 3. The van der Waals surface area contributed by atoms with Crippen LogP contribution in [0, 0.1) is 6.92 Å². The molecule has 1 fully saturated rings. The number of benzene rings is 1. The number of carbonyl (C=O) groups is 2. The molecule has 2 amide bonds. The van der Waals surface area contributed by atoms with Crippen molar-refractivity contribution in [1.29, 1.82) is 0 Å². The van der Waals surface area contributed by atoms with Gasteiger partial charge in [-0.25, -0.2) is 0 Å². The summed E-state index contributed by atoms with van der Waals surface area (Å²) in [6, 6.07) is 7.81. The van der Waals surface area contributed by atoms with E-state index in [1.54, 1.807) is 6.07 Å². The minimum absolute atomic E-state index is 0.107. The summed E-state index contributed by atoms with van der Waals surface area (Å²) < 4.78 is 0. The average Bonchev–Trinajstić information content (AvgIpc) is 2.61. The Labute approximate surface area is 145 Å². The number of nitrogens with one attached hydrogen (secondary N) is 1. The van der Waals surface area contributed by atoms with E-state index in [2.05, 4.69) is 17.1 Å². The standard InChI is InChI=1S/C19H29N3O2/c1-4-22-13-10-16(11-14-22)21(3)18(23)9-12-20-19(24)17-8-6-5-7-15(17)2/h5-8,16H,4,9-14H2,1-3H3,(H,20,24). The van der Waals surface area contributed by atoms with Gasteiger partial charge >= 0.3 is 0 Å². The van der Waals surface area contributed by atoms with Gasteiger partial charge in [-0.1, -0.05) is 25.1 Å². The molecule has 0 bridgehead atoms. The number of amides is 2. The molecule has 1 heterocycles. The molecule has 0 radical (unpaired) electrons. The van der Waals surface area contributed by atoms with Crippen molar-refractivity contribution in [3.63, 3.8) is 0 Å². The Balaban J connectivity index is 1.75. The molecule has 1 N–H and O–H groups in total. The molecule has 1 aliphatic rings. The Bertz CT molecular complexity index is 565. The van der Waals surface area contributed by atoms with E-state index >= 15 is 0 Å². The lowest BCUT2D eigenvalue weighted by Crippen LogP contribution is -2.46. The molecule has 132 valence electrons. The minimum Gasteiger partial charge on any atom is -0.352 e. The zero-order valence-corrected chi connectivity index (χ0v) is 15.0. The molecule has 0 unspecified atom stereocenters. The second-order valence-electron chi connectivity index (χ2n) is 6.49. The van der Waals surface area contributed by atoms with Crippen molar-refractivity contribution < 1.29 is 9.59 Å². The number of carbonyl (C=O) groups excluding carboxylic acids is 2. The quantitative estimate of drug-likeness (QED) is 0.868. The molecule has 1 aromatic carbocycles. The van der Waals surface area contributed by atoms with Gasteiger partial charge in [0.05, 0.1) is 0 Å². The number of hydrogen-bond donors (Lipinski definition) is 1. The zero-order chi connectivity index (χ0) is 17.5. The van der Waals surface area contributed by atoms with Gasteiger partial charge in [0.25, 0.3) is 5.91 Å². The van der Waals surface area contributed by atoms with Crippen LogP contribution in [-0.2, 0) is 4.79 Å². The summed E-state index contributed by atoms with van der Waals surface area (Å²) >= 11 is 0. The van der Waals surface area contributed by atoms with Crippen LogP contribution in [0.4, 0.5) is 0 Å². The van der Waals surface area contributed by atoms with E-state index in [0.717, 1.165) is 38.0 Å². The molecular formula is C19H29N3O2. The fourth-order valence-electron chi connectivity index (χ4n) is 3.21. The van der Waals surface area contributed by atoms with E-state index in [-0.39, 0.29) is 11.8 Å². The van der Waals surface area contributed by atoms with Crippen LogP contribution in [0.15, 0.2) is 24.3 Å². The van der Waals surface area contributed by atoms with Crippen molar-refractivity contribution in [3.8, 4) is 0 Å². The molecule has 0 aliphatic carbocycles. The highest BCUT2D eigenvalue weighted by molar-refractivity contribution is 5.95. The first-order chi connectivity index (χ1) is 11.5. The van der Waals surface area contributed by atoms with E-state index in [0.29, 0.717) is 24.6 Å². The fourth-order valence-corrected chi connectivity index (χ4v) is 3.21. The highest BCUT2D eigenvalue weighted by Gasteiger charge is 2.24. The monoisotopic (exact) mass is 331 g/mol. The maximum Gasteiger partial charge on any atom is 0.251 e. The van der Waals surface area contributed by atoms with Gasteiger partial charge in [0, 0.05) is 44.7 Å². The van der Waals surface area contributed by atoms with Gasteiger partial charge in [-0.15, -0.1) is 0 Å². The SMILES string of the molecule is CCN1CCC(N(C)C(=O)CCNC(=O)c2ccccc2C)CC1. The highest BCUT2D eigenvalue weighted by Crippen LogP contribution is 2.15. The normalized spacial score (nSPS) is 16.0. The number of aryl methyl sites for hydroxylation is 1. The molecule has 0 atom stereocenters. The van der Waals surface area contributed by atoms with E-state index in [1.165, 1.54) is 0 Å². The summed E-state index contributed by atoms with van der Waals surface area (Å²) in [5.41, 5.74) is 1.62. The smallest absolute Gasteiger partial charge is 0.251 e. The molecule has 1 aliphatic heterocycles. The molecule has 0 aromatic heterocycles. The second-order valence-corrected chi connectivity index (χ2v) is 6.49. The van der Waals surface area contributed by atoms with Crippen LogP contribution < -0.4 is 5.32 Å². The van der Waals surface area contributed by atoms with Crippen LogP contribution in [-0.4, -0.2) is 60.9 Å². The highest BCUT2D eigenvalue weighted by atomic mass is 16.2. The molecular weight excluding hydrogens is 302 g/mol. The third-order valence-corrected chi connectivity index (χ3v) is 4.96. The number of nitrogens with zero attached hydrogens (tertiary/aromatic N) is 2. The van der Waals surface area contributed by atoms with Crippen molar-refractivity contribution in [3.05, 3.63) is 35.4 Å². The van der Waals surface area contributed by atoms with Gasteiger partial charge in [0.2, 0.25) is 5.91 Å². The fraction of sp³-hybridized carbons (Fsp3) is 0.579. The van der Waals surface area contributed by atoms with Gasteiger partial charge in [0.15, 0.2) is 0 Å². The molecule has 24 heavy (non-hydrogen) atoms. The Morgan fingerprint density at radius 1 is 1.25 bits per heavy atom. The molecule has 0 spiro atoms. The third-order valence-electron chi connectivity index (χ3n) is 4.96. The largest absolute Gasteiger partial charge is 0.352 e. The Hall–Kier alpha value is -1.88.